The average molecular weight is 224 g/mol. The Morgan fingerprint density at radius 2 is 1.80 bits per heavy atom. The maximum atomic E-state index is 11.0. The van der Waals surface area contributed by atoms with Crippen LogP contribution in [0.2, 0.25) is 0 Å². The molecule has 0 unspecified atom stereocenters. The van der Waals surface area contributed by atoms with Crippen LogP contribution in [-0.2, 0) is 15.8 Å². The summed E-state index contributed by atoms with van der Waals surface area (Å²) in [5.74, 6) is -0.184. The lowest BCUT2D eigenvalue weighted by Gasteiger charge is -2.08. The molecule has 1 aromatic rings. The molecule has 15 heavy (non-hydrogen) atoms. The number of aryl methyl sites for hydroxylation is 2. The molecule has 0 saturated heterocycles. The van der Waals surface area contributed by atoms with Gasteiger partial charge in [-0.25, -0.2) is 13.6 Å². The second-order valence-electron chi connectivity index (χ2n) is 3.51. The van der Waals surface area contributed by atoms with Gasteiger partial charge in [0.25, 0.3) is 0 Å². The molecule has 1 aromatic carbocycles. The molecule has 0 spiro atoms. The third-order valence-corrected chi connectivity index (χ3v) is 2.86. The Hall–Kier alpha value is -1.38. The van der Waals surface area contributed by atoms with Crippen LogP contribution >= 0.6 is 0 Å². The molecule has 0 aliphatic rings. The van der Waals surface area contributed by atoms with Gasteiger partial charge in [0.2, 0.25) is 10.0 Å². The van der Waals surface area contributed by atoms with E-state index in [-0.39, 0.29) is 5.75 Å². The smallest absolute Gasteiger partial charge is 0.213 e. The van der Waals surface area contributed by atoms with Gasteiger partial charge in [0.1, 0.15) is 0 Å². The predicted molar refractivity (Wildman–Crippen MR) is 57.4 cm³/mol. The van der Waals surface area contributed by atoms with E-state index in [9.17, 15) is 8.42 Å². The summed E-state index contributed by atoms with van der Waals surface area (Å²) in [6.45, 7) is 3.54. The number of nitriles is 1. The topological polar surface area (TPSA) is 83.9 Å². The van der Waals surface area contributed by atoms with Gasteiger partial charge in [0.15, 0.2) is 0 Å². The minimum Gasteiger partial charge on any atom is -0.228 e. The summed E-state index contributed by atoms with van der Waals surface area (Å²) in [6, 6.07) is 5.34. The molecule has 0 aliphatic heterocycles. The zero-order valence-electron chi connectivity index (χ0n) is 8.61. The molecule has 1 rings (SSSR count). The highest BCUT2D eigenvalue weighted by molar-refractivity contribution is 7.88. The van der Waals surface area contributed by atoms with Gasteiger partial charge < -0.3 is 0 Å². The molecular weight excluding hydrogens is 212 g/mol. The molecule has 2 N–H and O–H groups in total. The average Bonchev–Trinajstić information content (AvgIpc) is 2.09. The van der Waals surface area contributed by atoms with E-state index in [1.165, 1.54) is 0 Å². The molecule has 0 radical (unpaired) electrons. The summed E-state index contributed by atoms with van der Waals surface area (Å²) in [5.41, 5.74) is 2.76. The van der Waals surface area contributed by atoms with Crippen LogP contribution in [0, 0.1) is 25.2 Å². The number of hydrogen-bond acceptors (Lipinski definition) is 3. The van der Waals surface area contributed by atoms with Crippen molar-refractivity contribution in [3.05, 3.63) is 34.4 Å². The van der Waals surface area contributed by atoms with Crippen molar-refractivity contribution in [3.63, 3.8) is 0 Å². The highest BCUT2D eigenvalue weighted by atomic mass is 32.2. The van der Waals surface area contributed by atoms with Gasteiger partial charge in [0.05, 0.1) is 17.4 Å². The Labute approximate surface area is 89.4 Å². The van der Waals surface area contributed by atoms with Crippen molar-refractivity contribution in [2.75, 3.05) is 0 Å². The van der Waals surface area contributed by atoms with Crippen molar-refractivity contribution in [2.45, 2.75) is 19.6 Å². The van der Waals surface area contributed by atoms with E-state index in [0.717, 1.165) is 11.1 Å². The molecule has 0 bridgehead atoms. The van der Waals surface area contributed by atoms with Crippen LogP contribution in [0.3, 0.4) is 0 Å². The molecule has 4 nitrogen and oxygen atoms in total. The summed E-state index contributed by atoms with van der Waals surface area (Å²) in [7, 11) is -3.52. The zero-order valence-corrected chi connectivity index (χ0v) is 9.43. The third kappa shape index (κ3) is 3.05. The summed E-state index contributed by atoms with van der Waals surface area (Å²) in [4.78, 5) is 0. The van der Waals surface area contributed by atoms with Crippen LogP contribution in [0.4, 0.5) is 0 Å². The molecule has 0 fully saturated rings. The van der Waals surface area contributed by atoms with Crippen molar-refractivity contribution in [2.24, 2.45) is 5.14 Å². The minimum absolute atomic E-state index is 0.184. The summed E-state index contributed by atoms with van der Waals surface area (Å²) >= 11 is 0. The van der Waals surface area contributed by atoms with Gasteiger partial charge in [-0.3, -0.25) is 0 Å². The molecule has 0 heterocycles. The van der Waals surface area contributed by atoms with Crippen molar-refractivity contribution in [3.8, 4) is 6.07 Å². The second-order valence-corrected chi connectivity index (χ2v) is 5.12. The van der Waals surface area contributed by atoms with Gasteiger partial charge >= 0.3 is 0 Å². The summed E-state index contributed by atoms with van der Waals surface area (Å²) in [6.07, 6.45) is 0. The van der Waals surface area contributed by atoms with Crippen molar-refractivity contribution in [1.29, 1.82) is 5.26 Å². The third-order valence-electron chi connectivity index (χ3n) is 2.17. The summed E-state index contributed by atoms with van der Waals surface area (Å²) in [5, 5.41) is 13.7. The fourth-order valence-electron chi connectivity index (χ4n) is 1.49. The maximum Gasteiger partial charge on any atom is 0.213 e. The molecule has 0 amide bonds. The van der Waals surface area contributed by atoms with Crippen LogP contribution in [0.1, 0.15) is 22.3 Å². The first-order valence-corrected chi connectivity index (χ1v) is 6.05. The van der Waals surface area contributed by atoms with E-state index in [2.05, 4.69) is 0 Å². The monoisotopic (exact) mass is 224 g/mol. The molecular formula is C10H12N2O2S. The Balaban J connectivity index is 3.28. The SMILES string of the molecule is Cc1cc(C#N)cc(C)c1CS(N)(=O)=O. The van der Waals surface area contributed by atoms with Gasteiger partial charge in [-0.2, -0.15) is 5.26 Å². The van der Waals surface area contributed by atoms with Gasteiger partial charge in [-0.1, -0.05) is 0 Å². The largest absolute Gasteiger partial charge is 0.228 e. The Morgan fingerprint density at radius 1 is 1.33 bits per heavy atom. The maximum absolute atomic E-state index is 11.0. The lowest BCUT2D eigenvalue weighted by Crippen LogP contribution is -2.16. The Kier molecular flexibility index (Phi) is 3.12. The molecule has 0 atom stereocenters. The lowest BCUT2D eigenvalue weighted by molar-refractivity contribution is 0.596. The molecule has 5 heteroatoms. The van der Waals surface area contributed by atoms with Crippen molar-refractivity contribution >= 4 is 10.0 Å². The van der Waals surface area contributed by atoms with Gasteiger partial charge in [-0.15, -0.1) is 0 Å². The molecule has 0 aliphatic carbocycles. The van der Waals surface area contributed by atoms with Crippen LogP contribution in [0.15, 0.2) is 12.1 Å². The first-order chi connectivity index (χ1) is 6.83. The van der Waals surface area contributed by atoms with Gasteiger partial charge in [-0.05, 0) is 42.7 Å². The molecule has 0 saturated carbocycles. The zero-order chi connectivity index (χ0) is 11.6. The fourth-order valence-corrected chi connectivity index (χ4v) is 2.34. The van der Waals surface area contributed by atoms with E-state index in [4.69, 9.17) is 10.4 Å². The normalized spacial score (nSPS) is 11.1. The fraction of sp³-hybridized carbons (Fsp3) is 0.300. The number of hydrogen-bond donors (Lipinski definition) is 1. The highest BCUT2D eigenvalue weighted by Gasteiger charge is 2.11. The summed E-state index contributed by atoms with van der Waals surface area (Å²) < 4.78 is 21.9. The number of nitrogens with zero attached hydrogens (tertiary/aromatic N) is 1. The number of primary sulfonamides is 1. The number of benzene rings is 1. The van der Waals surface area contributed by atoms with E-state index in [1.54, 1.807) is 26.0 Å². The van der Waals surface area contributed by atoms with E-state index < -0.39 is 10.0 Å². The second kappa shape index (κ2) is 4.01. The van der Waals surface area contributed by atoms with E-state index in [0.29, 0.717) is 11.1 Å². The Bertz CT molecular complexity index is 504. The first kappa shape index (κ1) is 11.7. The molecule has 0 aromatic heterocycles. The quantitative estimate of drug-likeness (QED) is 0.812. The number of nitrogens with two attached hydrogens (primary N) is 1. The van der Waals surface area contributed by atoms with E-state index in [1.807, 2.05) is 6.07 Å². The van der Waals surface area contributed by atoms with Crippen LogP contribution in [0.25, 0.3) is 0 Å². The van der Waals surface area contributed by atoms with Crippen LogP contribution in [0.5, 0.6) is 0 Å². The lowest BCUT2D eigenvalue weighted by atomic mass is 10.0. The van der Waals surface area contributed by atoms with Crippen LogP contribution < -0.4 is 5.14 Å². The van der Waals surface area contributed by atoms with Crippen molar-refractivity contribution in [1.82, 2.24) is 0 Å². The standard InChI is InChI=1S/C10H12N2O2S/c1-7-3-9(5-11)4-8(2)10(7)6-15(12,13)14/h3-4H,6H2,1-2H3,(H2,12,13,14). The highest BCUT2D eigenvalue weighted by Crippen LogP contribution is 2.18. The van der Waals surface area contributed by atoms with Crippen molar-refractivity contribution < 1.29 is 8.42 Å². The number of sulfonamides is 1. The number of rotatable bonds is 2. The molecule has 80 valence electrons. The first-order valence-electron chi connectivity index (χ1n) is 4.34. The predicted octanol–water partition coefficient (Wildman–Crippen LogP) is 0.964. The minimum atomic E-state index is -3.52. The van der Waals surface area contributed by atoms with Gasteiger partial charge in [0, 0.05) is 0 Å². The van der Waals surface area contributed by atoms with E-state index >= 15 is 0 Å². The Morgan fingerprint density at radius 3 is 2.13 bits per heavy atom. The van der Waals surface area contributed by atoms with Crippen LogP contribution in [-0.4, -0.2) is 8.42 Å².